The lowest BCUT2D eigenvalue weighted by molar-refractivity contribution is -0.683. The second-order valence-corrected chi connectivity index (χ2v) is 6.90. The molecular weight excluding hydrogens is 358 g/mol. The smallest absolute Gasteiger partial charge is 0.229 e. The summed E-state index contributed by atoms with van der Waals surface area (Å²) in [6, 6.07) is 16.4. The van der Waals surface area contributed by atoms with E-state index in [1.54, 1.807) is 0 Å². The van der Waals surface area contributed by atoms with E-state index < -0.39 is 0 Å². The fraction of sp³-hybridized carbons (Fsp3) is 0.273. The lowest BCUT2D eigenvalue weighted by atomic mass is 10.1. The Labute approximate surface area is 167 Å². The van der Waals surface area contributed by atoms with Gasteiger partial charge in [-0.15, -0.1) is 0 Å². The summed E-state index contributed by atoms with van der Waals surface area (Å²) in [7, 11) is 4.01. The maximum absolute atomic E-state index is 12.8. The minimum absolute atomic E-state index is 0. The number of anilines is 1. The largest absolute Gasteiger partial charge is 1.00 e. The van der Waals surface area contributed by atoms with E-state index >= 15 is 0 Å². The molecule has 0 aliphatic rings. The minimum Gasteiger partial charge on any atom is -1.00 e. The van der Waals surface area contributed by atoms with Crippen molar-refractivity contribution in [1.29, 1.82) is 0 Å². The lowest BCUT2D eigenvalue weighted by Crippen LogP contribution is -3.00. The lowest BCUT2D eigenvalue weighted by Gasteiger charge is -2.10. The molecule has 0 saturated heterocycles. The van der Waals surface area contributed by atoms with E-state index in [2.05, 4.69) is 23.6 Å². The maximum atomic E-state index is 12.8. The van der Waals surface area contributed by atoms with Gasteiger partial charge >= 0.3 is 0 Å². The zero-order valence-corrected chi connectivity index (χ0v) is 17.1. The molecule has 0 bridgehead atoms. The van der Waals surface area contributed by atoms with E-state index in [1.165, 1.54) is 5.56 Å². The van der Waals surface area contributed by atoms with Crippen LogP contribution < -0.4 is 21.9 Å². The van der Waals surface area contributed by atoms with Crippen molar-refractivity contribution >= 4 is 11.5 Å². The van der Waals surface area contributed by atoms with Gasteiger partial charge in [-0.1, -0.05) is 30.3 Å². The van der Waals surface area contributed by atoms with Gasteiger partial charge in [-0.3, -0.25) is 4.79 Å². The number of ketones is 1. The topological polar surface area (TPSA) is 29.1 Å². The van der Waals surface area contributed by atoms with E-state index in [0.717, 1.165) is 29.2 Å². The molecule has 0 spiro atoms. The van der Waals surface area contributed by atoms with Crippen LogP contribution in [0.4, 0.5) is 5.69 Å². The molecule has 3 rings (SSSR count). The summed E-state index contributed by atoms with van der Waals surface area (Å²) in [4.78, 5) is 14.9. The zero-order chi connectivity index (χ0) is 18.7. The van der Waals surface area contributed by atoms with Crippen molar-refractivity contribution in [2.24, 2.45) is 0 Å². The molecule has 2 aromatic heterocycles. The molecule has 0 unspecified atom stereocenters. The number of aryl methyl sites for hydroxylation is 1. The van der Waals surface area contributed by atoms with E-state index in [0.29, 0.717) is 6.54 Å². The monoisotopic (exact) mass is 383 g/mol. The molecule has 27 heavy (non-hydrogen) atoms. The first-order valence-electron chi connectivity index (χ1n) is 8.86. The highest BCUT2D eigenvalue weighted by Gasteiger charge is 2.19. The number of aromatic nitrogens is 2. The number of hydrogen-bond acceptors (Lipinski definition) is 2. The Morgan fingerprint density at radius 3 is 2.26 bits per heavy atom. The molecule has 0 aliphatic carbocycles. The molecule has 0 saturated carbocycles. The van der Waals surface area contributed by atoms with Crippen LogP contribution >= 0.6 is 0 Å². The molecule has 0 aliphatic heterocycles. The molecule has 0 N–H and O–H groups in total. The summed E-state index contributed by atoms with van der Waals surface area (Å²) >= 11 is 0. The van der Waals surface area contributed by atoms with Gasteiger partial charge in [-0.05, 0) is 25.5 Å². The van der Waals surface area contributed by atoms with E-state index in [9.17, 15) is 4.79 Å². The Hall–Kier alpha value is -2.59. The van der Waals surface area contributed by atoms with Gasteiger partial charge in [0.15, 0.2) is 12.4 Å². The Morgan fingerprint density at radius 2 is 1.67 bits per heavy atom. The van der Waals surface area contributed by atoms with Gasteiger partial charge in [0.05, 0.1) is 0 Å². The van der Waals surface area contributed by atoms with Gasteiger partial charge in [0.25, 0.3) is 0 Å². The molecular formula is C22H26ClN3O. The SMILES string of the molecule is Cc1cc(C(=O)C[n+]2ccc(N(C)C)cc2)c(C)n1Cc1ccccc1.[Cl-]. The summed E-state index contributed by atoms with van der Waals surface area (Å²) in [5.74, 6) is 0.139. The third-order valence-corrected chi connectivity index (χ3v) is 4.77. The number of carbonyl (C=O) groups excluding carboxylic acids is 1. The van der Waals surface area contributed by atoms with Gasteiger partial charge in [0, 0.05) is 55.4 Å². The number of hydrogen-bond donors (Lipinski definition) is 0. The second kappa shape index (κ2) is 8.87. The first-order valence-corrected chi connectivity index (χ1v) is 8.86. The fourth-order valence-corrected chi connectivity index (χ4v) is 3.20. The Balaban J connectivity index is 0.00000261. The second-order valence-electron chi connectivity index (χ2n) is 6.90. The highest BCUT2D eigenvalue weighted by Crippen LogP contribution is 2.18. The van der Waals surface area contributed by atoms with Crippen LogP contribution in [0.5, 0.6) is 0 Å². The highest BCUT2D eigenvalue weighted by atomic mass is 35.5. The first-order chi connectivity index (χ1) is 12.5. The molecule has 0 atom stereocenters. The minimum atomic E-state index is 0. The quantitative estimate of drug-likeness (QED) is 0.455. The summed E-state index contributed by atoms with van der Waals surface area (Å²) in [6.07, 6.45) is 3.91. The molecule has 4 nitrogen and oxygen atoms in total. The van der Waals surface area contributed by atoms with Gasteiger partial charge in [-0.25, -0.2) is 0 Å². The van der Waals surface area contributed by atoms with Crippen molar-refractivity contribution < 1.29 is 21.8 Å². The molecule has 142 valence electrons. The van der Waals surface area contributed by atoms with Crippen LogP contribution in [0.15, 0.2) is 60.9 Å². The summed E-state index contributed by atoms with van der Waals surface area (Å²) in [5, 5.41) is 0. The third-order valence-electron chi connectivity index (χ3n) is 4.77. The van der Waals surface area contributed by atoms with Crippen LogP contribution in [0.1, 0.15) is 27.3 Å². The van der Waals surface area contributed by atoms with Crippen molar-refractivity contribution in [2.75, 3.05) is 19.0 Å². The van der Waals surface area contributed by atoms with E-state index in [1.807, 2.05) is 79.3 Å². The van der Waals surface area contributed by atoms with Crippen LogP contribution in [0.3, 0.4) is 0 Å². The van der Waals surface area contributed by atoms with Crippen molar-refractivity contribution in [1.82, 2.24) is 4.57 Å². The number of Topliss-reactive ketones (excluding diaryl/α,β-unsaturated/α-hetero) is 1. The van der Waals surface area contributed by atoms with Gasteiger partial charge in [-0.2, -0.15) is 4.57 Å². The van der Waals surface area contributed by atoms with Gasteiger partial charge in [0.2, 0.25) is 12.3 Å². The van der Waals surface area contributed by atoms with E-state index in [4.69, 9.17) is 0 Å². The van der Waals surface area contributed by atoms with Gasteiger partial charge < -0.3 is 21.9 Å². The van der Waals surface area contributed by atoms with Crippen LogP contribution in [-0.2, 0) is 13.1 Å². The van der Waals surface area contributed by atoms with E-state index in [-0.39, 0.29) is 18.2 Å². The predicted molar refractivity (Wildman–Crippen MR) is 105 cm³/mol. The predicted octanol–water partition coefficient (Wildman–Crippen LogP) is 0.394. The van der Waals surface area contributed by atoms with Crippen molar-refractivity contribution in [3.05, 3.63) is 83.4 Å². The normalized spacial score (nSPS) is 10.4. The Bertz CT molecular complexity index is 899. The number of benzene rings is 1. The highest BCUT2D eigenvalue weighted by molar-refractivity contribution is 5.96. The Kier molecular flexibility index (Phi) is 6.81. The maximum Gasteiger partial charge on any atom is 0.229 e. The van der Waals surface area contributed by atoms with Crippen molar-refractivity contribution in [2.45, 2.75) is 26.9 Å². The summed E-state index contributed by atoms with van der Waals surface area (Å²) in [5.41, 5.74) is 5.31. The zero-order valence-electron chi connectivity index (χ0n) is 16.3. The molecule has 0 amide bonds. The van der Waals surface area contributed by atoms with Crippen molar-refractivity contribution in [3.8, 4) is 0 Å². The third kappa shape index (κ3) is 4.77. The first kappa shape index (κ1) is 20.7. The van der Waals surface area contributed by atoms with Gasteiger partial charge in [0.1, 0.15) is 0 Å². The number of rotatable bonds is 6. The molecule has 3 aromatic rings. The van der Waals surface area contributed by atoms with Crippen molar-refractivity contribution in [3.63, 3.8) is 0 Å². The molecule has 1 aromatic carbocycles. The number of nitrogens with zero attached hydrogens (tertiary/aromatic N) is 3. The molecule has 2 heterocycles. The van der Waals surface area contributed by atoms with Crippen LogP contribution in [0, 0.1) is 13.8 Å². The average Bonchev–Trinajstić information content (AvgIpc) is 2.91. The fourth-order valence-electron chi connectivity index (χ4n) is 3.20. The molecule has 5 heteroatoms. The Morgan fingerprint density at radius 1 is 1.04 bits per heavy atom. The number of carbonyl (C=O) groups is 1. The van der Waals surface area contributed by atoms with Crippen LogP contribution in [0.25, 0.3) is 0 Å². The summed E-state index contributed by atoms with van der Waals surface area (Å²) in [6.45, 7) is 5.23. The molecule has 0 radical (unpaired) electrons. The van der Waals surface area contributed by atoms with Crippen LogP contribution in [-0.4, -0.2) is 24.4 Å². The van der Waals surface area contributed by atoms with Crippen LogP contribution in [0.2, 0.25) is 0 Å². The standard InChI is InChI=1S/C22H26N3O.ClH/c1-17-14-21(18(2)25(17)15-19-8-6-5-7-9-19)22(26)16-24-12-10-20(11-13-24)23(3)4;/h5-14H,15-16H2,1-4H3;1H/q+1;/p-1. The molecule has 0 fully saturated rings. The summed E-state index contributed by atoms with van der Waals surface area (Å²) < 4.78 is 4.14. The number of halogens is 1. The number of pyridine rings is 1. The average molecular weight is 384 g/mol.